The molecule has 0 atom stereocenters. The number of hydrogen-bond acceptors (Lipinski definition) is 10. The highest BCUT2D eigenvalue weighted by Gasteiger charge is 2.08. The van der Waals surface area contributed by atoms with Crippen LogP contribution in [0.1, 0.15) is 5.56 Å². The van der Waals surface area contributed by atoms with E-state index in [2.05, 4.69) is 36.1 Å². The molecule has 0 aliphatic rings. The van der Waals surface area contributed by atoms with Crippen LogP contribution in [0.2, 0.25) is 0 Å². The first-order valence-corrected chi connectivity index (χ1v) is 9.89. The highest BCUT2D eigenvalue weighted by molar-refractivity contribution is 5.84. The van der Waals surface area contributed by atoms with E-state index in [1.54, 1.807) is 7.11 Å². The highest BCUT2D eigenvalue weighted by atomic mass is 16.5. The second kappa shape index (κ2) is 9.96. The predicted molar refractivity (Wildman–Crippen MR) is 127 cm³/mol. The number of nitrogens with zero attached hydrogens (tertiary/aromatic N) is 4. The standard InChI is InChI=1S/C23H21N7O3/c1-33-19-11-8-17(9-12-19)26-22-27-21(25-16-5-3-2-4-6-16)28-23(29-22)30-24-14-15-7-10-18(31)13-20(15)32/h2-14,31-32H,1H3,(H3,25,26,27,28,29,30)/b24-14+. The summed E-state index contributed by atoms with van der Waals surface area (Å²) in [6.45, 7) is 0. The number of hydrogen-bond donors (Lipinski definition) is 5. The predicted octanol–water partition coefficient (Wildman–Crippen LogP) is 4.22. The Hall–Kier alpha value is -4.86. The lowest BCUT2D eigenvalue weighted by Gasteiger charge is -2.10. The molecule has 0 saturated carbocycles. The molecular formula is C23H21N7O3. The SMILES string of the molecule is COc1ccc(Nc2nc(N/N=C/c3ccc(O)cc3O)nc(Nc3ccccc3)n2)cc1. The first-order chi connectivity index (χ1) is 16.1. The third-order valence-corrected chi connectivity index (χ3v) is 4.39. The Morgan fingerprint density at radius 2 is 1.42 bits per heavy atom. The zero-order valence-electron chi connectivity index (χ0n) is 17.6. The lowest BCUT2D eigenvalue weighted by Crippen LogP contribution is -2.07. The molecule has 0 spiro atoms. The first kappa shape index (κ1) is 21.4. The maximum Gasteiger partial charge on any atom is 0.250 e. The highest BCUT2D eigenvalue weighted by Crippen LogP contribution is 2.22. The second-order valence-corrected chi connectivity index (χ2v) is 6.76. The van der Waals surface area contributed by atoms with Crippen molar-refractivity contribution in [1.82, 2.24) is 15.0 Å². The third kappa shape index (κ3) is 5.85. The molecule has 0 saturated heterocycles. The van der Waals surface area contributed by atoms with E-state index < -0.39 is 0 Å². The van der Waals surface area contributed by atoms with Gasteiger partial charge in [0.05, 0.1) is 13.3 Å². The van der Waals surface area contributed by atoms with E-state index >= 15 is 0 Å². The number of ether oxygens (including phenoxy) is 1. The van der Waals surface area contributed by atoms with Gasteiger partial charge in [-0.3, -0.25) is 0 Å². The van der Waals surface area contributed by atoms with Crippen LogP contribution in [0.3, 0.4) is 0 Å². The maximum absolute atomic E-state index is 9.89. The van der Waals surface area contributed by atoms with Gasteiger partial charge in [-0.1, -0.05) is 18.2 Å². The smallest absolute Gasteiger partial charge is 0.250 e. The largest absolute Gasteiger partial charge is 0.508 e. The number of phenolic OH excluding ortho intramolecular Hbond substituents is 2. The summed E-state index contributed by atoms with van der Waals surface area (Å²) in [6, 6.07) is 21.0. The van der Waals surface area contributed by atoms with Crippen molar-refractivity contribution in [2.24, 2.45) is 5.10 Å². The van der Waals surface area contributed by atoms with Crippen molar-refractivity contribution < 1.29 is 14.9 Å². The fraction of sp³-hybridized carbons (Fsp3) is 0.0435. The molecule has 3 aromatic carbocycles. The van der Waals surface area contributed by atoms with Gasteiger partial charge >= 0.3 is 0 Å². The van der Waals surface area contributed by atoms with Gasteiger partial charge in [-0.15, -0.1) is 0 Å². The van der Waals surface area contributed by atoms with Gasteiger partial charge in [0.15, 0.2) is 0 Å². The van der Waals surface area contributed by atoms with Crippen molar-refractivity contribution in [1.29, 1.82) is 0 Å². The van der Waals surface area contributed by atoms with Crippen LogP contribution in [0.4, 0.5) is 29.2 Å². The maximum atomic E-state index is 9.89. The van der Waals surface area contributed by atoms with Crippen molar-refractivity contribution in [3.05, 3.63) is 78.4 Å². The van der Waals surface area contributed by atoms with Gasteiger partial charge in [0.25, 0.3) is 0 Å². The molecule has 0 unspecified atom stereocenters. The molecule has 1 heterocycles. The number of hydrazone groups is 1. The molecule has 33 heavy (non-hydrogen) atoms. The minimum Gasteiger partial charge on any atom is -0.508 e. The van der Waals surface area contributed by atoms with Crippen molar-refractivity contribution in [2.75, 3.05) is 23.2 Å². The van der Waals surface area contributed by atoms with Crippen LogP contribution in [0, 0.1) is 0 Å². The Labute approximate surface area is 189 Å². The zero-order valence-corrected chi connectivity index (χ0v) is 17.6. The number of benzene rings is 3. The molecule has 0 aliphatic carbocycles. The minimum absolute atomic E-state index is 0.0408. The third-order valence-electron chi connectivity index (χ3n) is 4.39. The van der Waals surface area contributed by atoms with E-state index in [-0.39, 0.29) is 17.4 Å². The number of aromatic nitrogens is 3. The molecule has 0 bridgehead atoms. The molecule has 0 amide bonds. The summed E-state index contributed by atoms with van der Waals surface area (Å²) < 4.78 is 5.18. The first-order valence-electron chi connectivity index (χ1n) is 9.89. The van der Waals surface area contributed by atoms with Crippen molar-refractivity contribution in [2.45, 2.75) is 0 Å². The summed E-state index contributed by atoms with van der Waals surface area (Å²) >= 11 is 0. The topological polar surface area (TPSA) is 137 Å². The summed E-state index contributed by atoms with van der Waals surface area (Å²) in [4.78, 5) is 13.1. The van der Waals surface area contributed by atoms with E-state index in [1.165, 1.54) is 24.4 Å². The quantitative estimate of drug-likeness (QED) is 0.200. The average molecular weight is 443 g/mol. The molecule has 10 heteroatoms. The van der Waals surface area contributed by atoms with Gasteiger partial charge in [-0.25, -0.2) is 5.43 Å². The van der Waals surface area contributed by atoms with Gasteiger partial charge in [0, 0.05) is 23.0 Å². The number of methoxy groups -OCH3 is 1. The Balaban J connectivity index is 1.57. The van der Waals surface area contributed by atoms with Gasteiger partial charge in [0.2, 0.25) is 17.8 Å². The van der Waals surface area contributed by atoms with Gasteiger partial charge in [0.1, 0.15) is 17.2 Å². The van der Waals surface area contributed by atoms with E-state index in [9.17, 15) is 10.2 Å². The van der Waals surface area contributed by atoms with Crippen LogP contribution in [-0.2, 0) is 0 Å². The zero-order chi connectivity index (χ0) is 23.0. The van der Waals surface area contributed by atoms with E-state index in [1.807, 2.05) is 54.6 Å². The lowest BCUT2D eigenvalue weighted by molar-refractivity contribution is 0.415. The van der Waals surface area contributed by atoms with E-state index in [0.29, 0.717) is 17.5 Å². The Bertz CT molecular complexity index is 1250. The molecule has 0 radical (unpaired) electrons. The number of nitrogens with one attached hydrogen (secondary N) is 3. The van der Waals surface area contributed by atoms with E-state index in [0.717, 1.165) is 17.1 Å². The van der Waals surface area contributed by atoms with Gasteiger partial charge < -0.3 is 25.6 Å². The van der Waals surface area contributed by atoms with Gasteiger partial charge in [-0.05, 0) is 48.5 Å². The monoisotopic (exact) mass is 443 g/mol. The number of para-hydroxylation sites is 1. The Kier molecular flexibility index (Phi) is 6.45. The molecule has 0 aliphatic heterocycles. The fourth-order valence-electron chi connectivity index (χ4n) is 2.79. The Morgan fingerprint density at radius 3 is 2.06 bits per heavy atom. The number of aromatic hydroxyl groups is 2. The number of phenols is 2. The van der Waals surface area contributed by atoms with Crippen LogP contribution >= 0.6 is 0 Å². The minimum atomic E-state index is -0.107. The molecular weight excluding hydrogens is 422 g/mol. The molecule has 10 nitrogen and oxygen atoms in total. The van der Waals surface area contributed by atoms with Crippen molar-refractivity contribution in [3.63, 3.8) is 0 Å². The molecule has 1 aromatic heterocycles. The van der Waals surface area contributed by atoms with Crippen LogP contribution in [0.25, 0.3) is 0 Å². The van der Waals surface area contributed by atoms with Crippen LogP contribution in [0.5, 0.6) is 17.2 Å². The van der Waals surface area contributed by atoms with Crippen LogP contribution in [-0.4, -0.2) is 38.5 Å². The van der Waals surface area contributed by atoms with Crippen LogP contribution < -0.4 is 20.8 Å². The average Bonchev–Trinajstić information content (AvgIpc) is 2.81. The normalized spacial score (nSPS) is 10.7. The van der Waals surface area contributed by atoms with Crippen LogP contribution in [0.15, 0.2) is 77.9 Å². The van der Waals surface area contributed by atoms with Gasteiger partial charge in [-0.2, -0.15) is 20.1 Å². The van der Waals surface area contributed by atoms with Crippen molar-refractivity contribution in [3.8, 4) is 17.2 Å². The molecule has 166 valence electrons. The molecule has 5 N–H and O–H groups in total. The summed E-state index contributed by atoms with van der Waals surface area (Å²) in [5.41, 5.74) is 4.72. The summed E-state index contributed by atoms with van der Waals surface area (Å²) in [6.07, 6.45) is 1.39. The molecule has 4 aromatic rings. The Morgan fingerprint density at radius 1 is 0.788 bits per heavy atom. The summed E-state index contributed by atoms with van der Waals surface area (Å²) in [5, 5.41) is 29.6. The lowest BCUT2D eigenvalue weighted by atomic mass is 10.2. The summed E-state index contributed by atoms with van der Waals surface area (Å²) in [7, 11) is 1.60. The summed E-state index contributed by atoms with van der Waals surface area (Å²) in [5.74, 6) is 1.35. The van der Waals surface area contributed by atoms with E-state index in [4.69, 9.17) is 4.74 Å². The van der Waals surface area contributed by atoms with Crippen molar-refractivity contribution >= 4 is 35.4 Å². The molecule has 4 rings (SSSR count). The molecule has 0 fully saturated rings. The second-order valence-electron chi connectivity index (χ2n) is 6.76. The number of anilines is 5. The number of rotatable bonds is 8. The fourth-order valence-corrected chi connectivity index (χ4v) is 2.79.